The van der Waals surface area contributed by atoms with Crippen molar-refractivity contribution in [1.29, 1.82) is 0 Å². The first-order valence-corrected chi connectivity index (χ1v) is 9.12. The standard InChI is InChI=1S/C19H13BrN2OS/c1-12-17(23-18(21-12)13-5-3-2-4-6-13)16-11-24-19(22-16)14-7-9-15(20)10-8-14/h2-11H,1H3. The van der Waals surface area contributed by atoms with Gasteiger partial charge in [0.25, 0.3) is 0 Å². The molecule has 118 valence electrons. The maximum absolute atomic E-state index is 5.98. The molecule has 2 heterocycles. The fourth-order valence-electron chi connectivity index (χ4n) is 2.44. The van der Waals surface area contributed by atoms with Gasteiger partial charge in [-0.25, -0.2) is 9.97 Å². The minimum Gasteiger partial charge on any atom is -0.434 e. The predicted octanol–water partition coefficient (Wildman–Crippen LogP) is 6.20. The molecular weight excluding hydrogens is 384 g/mol. The van der Waals surface area contributed by atoms with Gasteiger partial charge in [-0.3, -0.25) is 0 Å². The SMILES string of the molecule is Cc1nc(-c2ccccc2)oc1-c1csc(-c2ccc(Br)cc2)n1. The Morgan fingerprint density at radius 3 is 2.42 bits per heavy atom. The summed E-state index contributed by atoms with van der Waals surface area (Å²) in [7, 11) is 0. The van der Waals surface area contributed by atoms with Gasteiger partial charge in [0, 0.05) is 21.0 Å². The van der Waals surface area contributed by atoms with Gasteiger partial charge in [0.1, 0.15) is 10.7 Å². The smallest absolute Gasteiger partial charge is 0.227 e. The van der Waals surface area contributed by atoms with Gasteiger partial charge in [0.05, 0.1) is 5.69 Å². The molecule has 0 saturated carbocycles. The van der Waals surface area contributed by atoms with Gasteiger partial charge >= 0.3 is 0 Å². The number of halogens is 1. The molecule has 0 radical (unpaired) electrons. The highest BCUT2D eigenvalue weighted by Gasteiger charge is 2.16. The highest BCUT2D eigenvalue weighted by molar-refractivity contribution is 9.10. The van der Waals surface area contributed by atoms with Gasteiger partial charge < -0.3 is 4.42 Å². The molecule has 24 heavy (non-hydrogen) atoms. The molecule has 0 fully saturated rings. The van der Waals surface area contributed by atoms with Crippen molar-refractivity contribution in [2.45, 2.75) is 6.92 Å². The molecule has 0 atom stereocenters. The average molecular weight is 397 g/mol. The van der Waals surface area contributed by atoms with Gasteiger partial charge in [-0.05, 0) is 31.2 Å². The second kappa shape index (κ2) is 6.34. The number of nitrogens with zero attached hydrogens (tertiary/aromatic N) is 2. The van der Waals surface area contributed by atoms with Gasteiger partial charge in [0.15, 0.2) is 5.76 Å². The Morgan fingerprint density at radius 1 is 0.917 bits per heavy atom. The lowest BCUT2D eigenvalue weighted by atomic mass is 10.2. The van der Waals surface area contributed by atoms with E-state index >= 15 is 0 Å². The summed E-state index contributed by atoms with van der Waals surface area (Å²) in [6, 6.07) is 18.0. The molecule has 0 aliphatic carbocycles. The van der Waals surface area contributed by atoms with Crippen LogP contribution in [0.1, 0.15) is 5.69 Å². The van der Waals surface area contributed by atoms with E-state index in [-0.39, 0.29) is 0 Å². The molecule has 0 saturated heterocycles. The number of aryl methyl sites for hydroxylation is 1. The van der Waals surface area contributed by atoms with Crippen LogP contribution in [0.3, 0.4) is 0 Å². The molecule has 4 aromatic rings. The van der Waals surface area contributed by atoms with E-state index in [0.717, 1.165) is 37.8 Å². The third-order valence-corrected chi connectivity index (χ3v) is 5.07. The number of hydrogen-bond acceptors (Lipinski definition) is 4. The highest BCUT2D eigenvalue weighted by atomic mass is 79.9. The van der Waals surface area contributed by atoms with Crippen molar-refractivity contribution in [2.24, 2.45) is 0 Å². The van der Waals surface area contributed by atoms with Gasteiger partial charge in [0.2, 0.25) is 5.89 Å². The monoisotopic (exact) mass is 396 g/mol. The molecule has 2 aromatic carbocycles. The zero-order valence-electron chi connectivity index (χ0n) is 12.9. The third-order valence-electron chi connectivity index (χ3n) is 3.65. The summed E-state index contributed by atoms with van der Waals surface area (Å²) >= 11 is 5.06. The van der Waals surface area contributed by atoms with Crippen molar-refractivity contribution in [3.63, 3.8) is 0 Å². The molecule has 0 bridgehead atoms. The van der Waals surface area contributed by atoms with Crippen molar-refractivity contribution >= 4 is 27.3 Å². The Kier molecular flexibility index (Phi) is 4.04. The molecule has 0 aliphatic heterocycles. The highest BCUT2D eigenvalue weighted by Crippen LogP contribution is 2.33. The first-order valence-electron chi connectivity index (χ1n) is 7.45. The Morgan fingerprint density at radius 2 is 1.67 bits per heavy atom. The number of benzene rings is 2. The van der Waals surface area contributed by atoms with E-state index in [4.69, 9.17) is 9.40 Å². The second-order valence-electron chi connectivity index (χ2n) is 5.34. The molecule has 0 N–H and O–H groups in total. The molecule has 0 amide bonds. The van der Waals surface area contributed by atoms with E-state index in [1.807, 2.05) is 54.8 Å². The number of rotatable bonds is 3. The van der Waals surface area contributed by atoms with Crippen LogP contribution in [0.4, 0.5) is 0 Å². The molecule has 5 heteroatoms. The van der Waals surface area contributed by atoms with Crippen molar-refractivity contribution in [3.05, 3.63) is 70.1 Å². The molecule has 0 aliphatic rings. The van der Waals surface area contributed by atoms with Gasteiger partial charge in [-0.2, -0.15) is 0 Å². The molecule has 2 aromatic heterocycles. The average Bonchev–Trinajstić information content (AvgIpc) is 3.23. The minimum absolute atomic E-state index is 0.626. The summed E-state index contributed by atoms with van der Waals surface area (Å²) in [5, 5.41) is 2.98. The maximum Gasteiger partial charge on any atom is 0.227 e. The number of aromatic nitrogens is 2. The zero-order chi connectivity index (χ0) is 16.5. The lowest BCUT2D eigenvalue weighted by molar-refractivity contribution is 0.586. The summed E-state index contributed by atoms with van der Waals surface area (Å²) in [6.45, 7) is 1.95. The molecule has 0 unspecified atom stereocenters. The van der Waals surface area contributed by atoms with Crippen LogP contribution in [-0.4, -0.2) is 9.97 Å². The first kappa shape index (κ1) is 15.3. The van der Waals surface area contributed by atoms with Gasteiger partial charge in [-0.15, -0.1) is 11.3 Å². The van der Waals surface area contributed by atoms with E-state index in [2.05, 4.69) is 33.0 Å². The molecular formula is C19H13BrN2OS. The van der Waals surface area contributed by atoms with E-state index in [1.54, 1.807) is 11.3 Å². The van der Waals surface area contributed by atoms with E-state index < -0.39 is 0 Å². The van der Waals surface area contributed by atoms with Crippen LogP contribution < -0.4 is 0 Å². The number of hydrogen-bond donors (Lipinski definition) is 0. The molecule has 3 nitrogen and oxygen atoms in total. The Labute approximate surface area is 152 Å². The predicted molar refractivity (Wildman–Crippen MR) is 101 cm³/mol. The summed E-state index contributed by atoms with van der Waals surface area (Å²) in [6.07, 6.45) is 0. The van der Waals surface area contributed by atoms with Crippen LogP contribution in [-0.2, 0) is 0 Å². The fraction of sp³-hybridized carbons (Fsp3) is 0.0526. The Balaban J connectivity index is 1.70. The van der Waals surface area contributed by atoms with Crippen LogP contribution in [0.25, 0.3) is 33.5 Å². The topological polar surface area (TPSA) is 38.9 Å². The van der Waals surface area contributed by atoms with E-state index in [0.29, 0.717) is 5.89 Å². The zero-order valence-corrected chi connectivity index (χ0v) is 15.3. The van der Waals surface area contributed by atoms with Crippen LogP contribution in [0.5, 0.6) is 0 Å². The molecule has 0 spiro atoms. The normalized spacial score (nSPS) is 10.9. The summed E-state index contributed by atoms with van der Waals surface area (Å²) in [5.41, 5.74) is 3.73. The third kappa shape index (κ3) is 2.92. The van der Waals surface area contributed by atoms with E-state index in [9.17, 15) is 0 Å². The number of thiazole rings is 1. The van der Waals surface area contributed by atoms with Gasteiger partial charge in [-0.1, -0.05) is 46.3 Å². The summed E-state index contributed by atoms with van der Waals surface area (Å²) in [5.74, 6) is 1.36. The van der Waals surface area contributed by atoms with Crippen molar-refractivity contribution in [2.75, 3.05) is 0 Å². The minimum atomic E-state index is 0.626. The summed E-state index contributed by atoms with van der Waals surface area (Å²) < 4.78 is 7.04. The number of oxazole rings is 1. The first-order chi connectivity index (χ1) is 11.7. The lowest BCUT2D eigenvalue weighted by Crippen LogP contribution is -1.80. The van der Waals surface area contributed by atoms with Crippen LogP contribution in [0.2, 0.25) is 0 Å². The Hall–Kier alpha value is -2.24. The van der Waals surface area contributed by atoms with Crippen LogP contribution in [0.15, 0.2) is 68.9 Å². The fourth-order valence-corrected chi connectivity index (χ4v) is 3.51. The summed E-state index contributed by atoms with van der Waals surface area (Å²) in [4.78, 5) is 9.26. The van der Waals surface area contributed by atoms with Crippen molar-refractivity contribution < 1.29 is 4.42 Å². The van der Waals surface area contributed by atoms with E-state index in [1.165, 1.54) is 0 Å². The lowest BCUT2D eigenvalue weighted by Gasteiger charge is -1.96. The second-order valence-corrected chi connectivity index (χ2v) is 7.12. The van der Waals surface area contributed by atoms with Crippen LogP contribution in [0, 0.1) is 6.92 Å². The van der Waals surface area contributed by atoms with Crippen LogP contribution >= 0.6 is 27.3 Å². The van der Waals surface area contributed by atoms with Crippen molar-refractivity contribution in [1.82, 2.24) is 9.97 Å². The Bertz CT molecular complexity index is 974. The molecule has 4 rings (SSSR count). The largest absolute Gasteiger partial charge is 0.434 e. The quantitative estimate of drug-likeness (QED) is 0.413. The maximum atomic E-state index is 5.98. The van der Waals surface area contributed by atoms with Crippen molar-refractivity contribution in [3.8, 4) is 33.5 Å².